The molecule has 0 fully saturated rings. The summed E-state index contributed by atoms with van der Waals surface area (Å²) in [5.41, 5.74) is 4.90. The minimum atomic E-state index is -1.24. The minimum Gasteiger partial charge on any atom is -0.496 e. The summed E-state index contributed by atoms with van der Waals surface area (Å²) < 4.78 is 15.0. The van der Waals surface area contributed by atoms with E-state index in [4.69, 9.17) is 14.5 Å². The third kappa shape index (κ3) is 4.53. The summed E-state index contributed by atoms with van der Waals surface area (Å²) >= 11 is 0. The quantitative estimate of drug-likeness (QED) is 0.137. The van der Waals surface area contributed by atoms with Crippen molar-refractivity contribution in [1.29, 1.82) is 0 Å². The van der Waals surface area contributed by atoms with Crippen molar-refractivity contribution in [3.05, 3.63) is 88.9 Å². The fourth-order valence-corrected chi connectivity index (χ4v) is 6.37. The number of aryl methyl sites for hydroxylation is 1. The predicted octanol–water partition coefficient (Wildman–Crippen LogP) is 7.63. The molecule has 1 unspecified atom stereocenters. The van der Waals surface area contributed by atoms with E-state index in [1.807, 2.05) is 6.07 Å². The SMILES string of the molecule is CCCCCCCn1c(C)c(C2(c3ccc(N(CC)CC)cc3OC)OC(=O)c3cccnc32)c2ccccc21. The van der Waals surface area contributed by atoms with Crippen molar-refractivity contribution in [2.24, 2.45) is 0 Å². The van der Waals surface area contributed by atoms with E-state index in [0.717, 1.165) is 59.5 Å². The van der Waals surface area contributed by atoms with E-state index in [0.29, 0.717) is 17.0 Å². The van der Waals surface area contributed by atoms with Gasteiger partial charge < -0.3 is 18.9 Å². The lowest BCUT2D eigenvalue weighted by molar-refractivity contribution is 0.0239. The maximum Gasteiger partial charge on any atom is 0.341 e. The third-order valence-electron chi connectivity index (χ3n) is 8.37. The molecule has 2 aromatic heterocycles. The zero-order chi connectivity index (χ0) is 28.3. The molecular weight excluding hydrogens is 498 g/mol. The number of benzene rings is 2. The summed E-state index contributed by atoms with van der Waals surface area (Å²) in [6.07, 6.45) is 7.78. The van der Waals surface area contributed by atoms with Crippen molar-refractivity contribution in [2.45, 2.75) is 71.9 Å². The van der Waals surface area contributed by atoms with Gasteiger partial charge in [0.05, 0.1) is 12.7 Å². The van der Waals surface area contributed by atoms with Crippen LogP contribution in [0.25, 0.3) is 10.9 Å². The molecule has 0 saturated heterocycles. The number of aromatic nitrogens is 2. The normalized spacial score (nSPS) is 16.3. The molecule has 6 heteroatoms. The number of carbonyl (C=O) groups excluding carboxylic acids is 1. The Morgan fingerprint density at radius 3 is 2.50 bits per heavy atom. The van der Waals surface area contributed by atoms with Crippen LogP contribution in [0.5, 0.6) is 5.75 Å². The van der Waals surface area contributed by atoms with Gasteiger partial charge in [0.1, 0.15) is 11.4 Å². The lowest BCUT2D eigenvalue weighted by Crippen LogP contribution is -2.32. The number of methoxy groups -OCH3 is 1. The standard InChI is InChI=1S/C34H41N3O3/c1-6-9-10-11-14-22-37-24(4)31(26-16-12-13-18-29(26)37)34(32-27(33(38)40-34)17-15-21-35-32)28-20-19-25(23-30(28)39-5)36(7-2)8-3/h12-13,15-21,23H,6-11,14,22H2,1-5H3. The maximum atomic E-state index is 13.5. The van der Waals surface area contributed by atoms with E-state index < -0.39 is 5.60 Å². The highest BCUT2D eigenvalue weighted by Crippen LogP contribution is 2.52. The topological polar surface area (TPSA) is 56.6 Å². The molecule has 0 aliphatic carbocycles. The molecule has 0 bridgehead atoms. The molecule has 0 radical (unpaired) electrons. The van der Waals surface area contributed by atoms with Gasteiger partial charge in [-0.05, 0) is 57.5 Å². The fourth-order valence-electron chi connectivity index (χ4n) is 6.37. The van der Waals surface area contributed by atoms with Crippen LogP contribution in [0.15, 0.2) is 60.8 Å². The molecule has 210 valence electrons. The highest BCUT2D eigenvalue weighted by atomic mass is 16.6. The summed E-state index contributed by atoms with van der Waals surface area (Å²) in [5, 5.41) is 1.06. The first-order valence-corrected chi connectivity index (χ1v) is 14.7. The Hall–Kier alpha value is -3.80. The van der Waals surface area contributed by atoms with Gasteiger partial charge in [-0.25, -0.2) is 4.79 Å². The predicted molar refractivity (Wildman–Crippen MR) is 162 cm³/mol. The molecule has 6 nitrogen and oxygen atoms in total. The molecule has 0 saturated carbocycles. The molecule has 40 heavy (non-hydrogen) atoms. The molecule has 4 aromatic rings. The van der Waals surface area contributed by atoms with Crippen molar-refractivity contribution >= 4 is 22.6 Å². The Balaban J connectivity index is 1.77. The van der Waals surface area contributed by atoms with Gasteiger partial charge in [-0.15, -0.1) is 0 Å². The molecular formula is C34H41N3O3. The van der Waals surface area contributed by atoms with Gasteiger partial charge in [0.2, 0.25) is 5.60 Å². The molecule has 2 aromatic carbocycles. The van der Waals surface area contributed by atoms with E-state index in [1.165, 1.54) is 25.7 Å². The highest BCUT2D eigenvalue weighted by Gasteiger charge is 2.54. The van der Waals surface area contributed by atoms with Crippen LogP contribution < -0.4 is 9.64 Å². The largest absolute Gasteiger partial charge is 0.496 e. The zero-order valence-corrected chi connectivity index (χ0v) is 24.5. The summed E-state index contributed by atoms with van der Waals surface area (Å²) in [7, 11) is 1.68. The first kappa shape index (κ1) is 27.8. The first-order valence-electron chi connectivity index (χ1n) is 14.7. The average Bonchev–Trinajstić information content (AvgIpc) is 3.44. The number of para-hydroxylation sites is 1. The van der Waals surface area contributed by atoms with Gasteiger partial charge >= 0.3 is 5.97 Å². The number of hydrogen-bond acceptors (Lipinski definition) is 5. The lowest BCUT2D eigenvalue weighted by Gasteiger charge is -2.32. The van der Waals surface area contributed by atoms with Crippen molar-refractivity contribution in [1.82, 2.24) is 9.55 Å². The number of hydrogen-bond donors (Lipinski definition) is 0. The van der Waals surface area contributed by atoms with Crippen molar-refractivity contribution in [3.8, 4) is 5.75 Å². The number of ether oxygens (including phenoxy) is 2. The number of anilines is 1. The van der Waals surface area contributed by atoms with Crippen molar-refractivity contribution < 1.29 is 14.3 Å². The second kappa shape index (κ2) is 11.7. The highest BCUT2D eigenvalue weighted by molar-refractivity contribution is 5.98. The molecule has 1 aliphatic rings. The van der Waals surface area contributed by atoms with E-state index in [-0.39, 0.29) is 5.97 Å². The van der Waals surface area contributed by atoms with Crippen LogP contribution in [0, 0.1) is 6.92 Å². The molecule has 0 amide bonds. The molecule has 5 rings (SSSR count). The van der Waals surface area contributed by atoms with E-state index in [9.17, 15) is 4.79 Å². The molecule has 1 atom stereocenters. The number of cyclic esters (lactones) is 1. The summed E-state index contributed by atoms with van der Waals surface area (Å²) in [6, 6.07) is 18.3. The molecule has 3 heterocycles. The van der Waals surface area contributed by atoms with Crippen LogP contribution in [0.4, 0.5) is 5.69 Å². The minimum absolute atomic E-state index is 0.367. The number of fused-ring (bicyclic) bond motifs is 2. The number of carbonyl (C=O) groups is 1. The maximum absolute atomic E-state index is 13.5. The number of rotatable bonds is 12. The Kier molecular flexibility index (Phi) is 8.15. The fraction of sp³-hybridized carbons (Fsp3) is 0.412. The number of esters is 1. The summed E-state index contributed by atoms with van der Waals surface area (Å²) in [4.78, 5) is 20.6. The summed E-state index contributed by atoms with van der Waals surface area (Å²) in [6.45, 7) is 11.4. The Morgan fingerprint density at radius 2 is 1.75 bits per heavy atom. The van der Waals surface area contributed by atoms with Gasteiger partial charge in [0.15, 0.2) is 0 Å². The average molecular weight is 540 g/mol. The van der Waals surface area contributed by atoms with Gasteiger partial charge in [-0.1, -0.05) is 50.8 Å². The smallest absolute Gasteiger partial charge is 0.341 e. The van der Waals surface area contributed by atoms with Gasteiger partial charge in [-0.3, -0.25) is 4.98 Å². The van der Waals surface area contributed by atoms with Crippen molar-refractivity contribution in [2.75, 3.05) is 25.1 Å². The molecule has 0 N–H and O–H groups in total. The van der Waals surface area contributed by atoms with Crippen LogP contribution in [-0.2, 0) is 16.9 Å². The Bertz CT molecular complexity index is 1500. The van der Waals surface area contributed by atoms with Crippen LogP contribution in [0.3, 0.4) is 0 Å². The second-order valence-electron chi connectivity index (χ2n) is 10.6. The molecule has 0 spiro atoms. The van der Waals surface area contributed by atoms with Gasteiger partial charge in [-0.2, -0.15) is 0 Å². The molecule has 1 aliphatic heterocycles. The van der Waals surface area contributed by atoms with Crippen LogP contribution >= 0.6 is 0 Å². The number of nitrogens with zero attached hydrogens (tertiary/aromatic N) is 3. The first-order chi connectivity index (χ1) is 19.5. The van der Waals surface area contributed by atoms with Crippen LogP contribution in [-0.4, -0.2) is 35.7 Å². The monoisotopic (exact) mass is 539 g/mol. The number of pyridine rings is 1. The van der Waals surface area contributed by atoms with Crippen LogP contribution in [0.1, 0.15) is 85.7 Å². The Morgan fingerprint density at radius 1 is 0.975 bits per heavy atom. The van der Waals surface area contributed by atoms with E-state index >= 15 is 0 Å². The second-order valence-corrected chi connectivity index (χ2v) is 10.6. The van der Waals surface area contributed by atoms with Gasteiger partial charge in [0.25, 0.3) is 0 Å². The Labute approximate surface area is 237 Å². The number of unbranched alkanes of at least 4 members (excludes halogenated alkanes) is 4. The lowest BCUT2D eigenvalue weighted by atomic mass is 9.80. The van der Waals surface area contributed by atoms with E-state index in [1.54, 1.807) is 19.4 Å². The van der Waals surface area contributed by atoms with E-state index in [2.05, 4.69) is 79.6 Å². The zero-order valence-electron chi connectivity index (χ0n) is 24.5. The van der Waals surface area contributed by atoms with Gasteiger partial charge in [0, 0.05) is 65.3 Å². The summed E-state index contributed by atoms with van der Waals surface area (Å²) in [5.74, 6) is 0.306. The van der Waals surface area contributed by atoms with Crippen LogP contribution in [0.2, 0.25) is 0 Å². The van der Waals surface area contributed by atoms with Crippen molar-refractivity contribution in [3.63, 3.8) is 0 Å². The third-order valence-corrected chi connectivity index (χ3v) is 8.37.